The zero-order chi connectivity index (χ0) is 20.4. The Kier molecular flexibility index (Phi) is 6.12. The third-order valence-electron chi connectivity index (χ3n) is 5.24. The zero-order valence-electron chi connectivity index (χ0n) is 16.0. The highest BCUT2D eigenvalue weighted by molar-refractivity contribution is 8.26. The molecule has 0 radical (unpaired) electrons. The monoisotopic (exact) mass is 443 g/mol. The minimum absolute atomic E-state index is 0.00698. The van der Waals surface area contributed by atoms with Gasteiger partial charge in [0.1, 0.15) is 10.4 Å². The van der Waals surface area contributed by atoms with Crippen LogP contribution in [0.4, 0.5) is 0 Å². The van der Waals surface area contributed by atoms with Crippen LogP contribution in [-0.2, 0) is 9.59 Å². The molecule has 4 rings (SSSR count). The number of amides is 2. The molecule has 0 unspecified atom stereocenters. The summed E-state index contributed by atoms with van der Waals surface area (Å²) in [5.74, 6) is -0.253. The second-order valence-corrected chi connectivity index (χ2v) is 9.73. The highest BCUT2D eigenvalue weighted by Gasteiger charge is 2.41. The summed E-state index contributed by atoms with van der Waals surface area (Å²) < 4.78 is 0.439. The van der Waals surface area contributed by atoms with Crippen LogP contribution in [0.25, 0.3) is 6.08 Å². The molecule has 2 aliphatic rings. The van der Waals surface area contributed by atoms with Crippen LogP contribution in [0.3, 0.4) is 0 Å². The molecule has 0 spiro atoms. The van der Waals surface area contributed by atoms with Crippen molar-refractivity contribution < 1.29 is 9.59 Å². The van der Waals surface area contributed by atoms with Gasteiger partial charge in [0.2, 0.25) is 5.91 Å². The second kappa shape index (κ2) is 8.77. The molecule has 0 bridgehead atoms. The summed E-state index contributed by atoms with van der Waals surface area (Å²) in [6.45, 7) is 2.46. The van der Waals surface area contributed by atoms with Crippen molar-refractivity contribution in [1.82, 2.24) is 14.8 Å². The van der Waals surface area contributed by atoms with Crippen LogP contribution >= 0.6 is 35.3 Å². The lowest BCUT2D eigenvalue weighted by atomic mass is 9.95. The van der Waals surface area contributed by atoms with E-state index in [2.05, 4.69) is 4.98 Å². The summed E-state index contributed by atoms with van der Waals surface area (Å²) in [5, 5.41) is 1.97. The number of likely N-dealkylation sites (tertiary alicyclic amines) is 1. The molecule has 2 fully saturated rings. The first-order valence-corrected chi connectivity index (χ1v) is 11.7. The van der Waals surface area contributed by atoms with Crippen molar-refractivity contribution in [2.75, 3.05) is 6.54 Å². The van der Waals surface area contributed by atoms with Crippen molar-refractivity contribution >= 4 is 57.5 Å². The lowest BCUT2D eigenvalue weighted by molar-refractivity contribution is -0.142. The van der Waals surface area contributed by atoms with Crippen LogP contribution in [-0.4, -0.2) is 43.5 Å². The molecule has 8 heteroatoms. The summed E-state index contributed by atoms with van der Waals surface area (Å²) in [4.78, 5) is 35.5. The van der Waals surface area contributed by atoms with Crippen molar-refractivity contribution in [3.05, 3.63) is 57.4 Å². The standard InChI is InChI=1S/C21H21N3O2S3/c1-14(24-20(26)18(29-21(24)27)12-16-7-5-11-28-16)19(25)23-10-3-2-8-17(23)15-6-4-9-22-13-15/h4-7,9,11-14,17H,2-3,8,10H2,1H3/b18-12+/t14-,17+/m1/s1. The first kappa shape index (κ1) is 20.3. The fourth-order valence-electron chi connectivity index (χ4n) is 3.78. The second-order valence-electron chi connectivity index (χ2n) is 7.07. The number of pyridine rings is 1. The quantitative estimate of drug-likeness (QED) is 0.515. The van der Waals surface area contributed by atoms with Crippen molar-refractivity contribution in [3.8, 4) is 0 Å². The number of aromatic nitrogens is 1. The molecule has 0 N–H and O–H groups in total. The Bertz CT molecular complexity index is 943. The lowest BCUT2D eigenvalue weighted by Crippen LogP contribution is -2.51. The maximum atomic E-state index is 13.4. The van der Waals surface area contributed by atoms with Gasteiger partial charge in [-0.2, -0.15) is 0 Å². The minimum Gasteiger partial charge on any atom is -0.334 e. The number of rotatable bonds is 4. The van der Waals surface area contributed by atoms with E-state index in [4.69, 9.17) is 12.2 Å². The van der Waals surface area contributed by atoms with E-state index in [0.29, 0.717) is 15.8 Å². The highest BCUT2D eigenvalue weighted by Crippen LogP contribution is 2.36. The Hall–Kier alpha value is -2.03. The smallest absolute Gasteiger partial charge is 0.266 e. The maximum Gasteiger partial charge on any atom is 0.266 e. The number of hydrogen-bond donors (Lipinski definition) is 0. The van der Waals surface area contributed by atoms with Gasteiger partial charge in [-0.05, 0) is 55.3 Å². The van der Waals surface area contributed by atoms with Gasteiger partial charge in [0.05, 0.1) is 10.9 Å². The minimum atomic E-state index is -0.631. The summed E-state index contributed by atoms with van der Waals surface area (Å²) in [6, 6.07) is 7.17. The Morgan fingerprint density at radius 2 is 2.21 bits per heavy atom. The van der Waals surface area contributed by atoms with Gasteiger partial charge in [-0.1, -0.05) is 36.1 Å². The van der Waals surface area contributed by atoms with Crippen molar-refractivity contribution in [1.29, 1.82) is 0 Å². The Morgan fingerprint density at radius 3 is 2.93 bits per heavy atom. The van der Waals surface area contributed by atoms with Gasteiger partial charge in [0, 0.05) is 23.8 Å². The Morgan fingerprint density at radius 1 is 1.34 bits per heavy atom. The van der Waals surface area contributed by atoms with Gasteiger partial charge < -0.3 is 4.90 Å². The van der Waals surface area contributed by atoms with Crippen LogP contribution in [0, 0.1) is 0 Å². The largest absolute Gasteiger partial charge is 0.334 e. The molecule has 2 aliphatic heterocycles. The van der Waals surface area contributed by atoms with Crippen LogP contribution in [0.2, 0.25) is 0 Å². The number of thioether (sulfide) groups is 1. The molecule has 0 saturated carbocycles. The molecule has 2 aromatic heterocycles. The SMILES string of the molecule is C[C@H](C(=O)N1CCCC[C@H]1c1cccnc1)N1C(=O)/C(=C\c2cccs2)SC1=S. The van der Waals surface area contributed by atoms with Gasteiger partial charge in [0.15, 0.2) is 0 Å². The number of carbonyl (C=O) groups is 2. The summed E-state index contributed by atoms with van der Waals surface area (Å²) >= 11 is 8.29. The average molecular weight is 444 g/mol. The first-order valence-electron chi connectivity index (χ1n) is 9.57. The van der Waals surface area contributed by atoms with E-state index in [0.717, 1.165) is 29.7 Å². The number of hydrogen-bond acceptors (Lipinski definition) is 6. The number of thiophene rings is 1. The molecule has 2 saturated heterocycles. The van der Waals surface area contributed by atoms with E-state index >= 15 is 0 Å². The number of piperidine rings is 1. The van der Waals surface area contributed by atoms with Crippen LogP contribution < -0.4 is 0 Å². The molecule has 29 heavy (non-hydrogen) atoms. The normalized spacial score (nSPS) is 22.4. The van der Waals surface area contributed by atoms with Crippen molar-refractivity contribution in [2.24, 2.45) is 0 Å². The molecule has 5 nitrogen and oxygen atoms in total. The highest BCUT2D eigenvalue weighted by atomic mass is 32.2. The average Bonchev–Trinajstić information content (AvgIpc) is 3.35. The molecule has 0 aromatic carbocycles. The maximum absolute atomic E-state index is 13.4. The van der Waals surface area contributed by atoms with E-state index in [1.54, 1.807) is 24.5 Å². The third-order valence-corrected chi connectivity index (χ3v) is 7.39. The fraction of sp³-hybridized carbons (Fsp3) is 0.333. The van der Waals surface area contributed by atoms with E-state index in [-0.39, 0.29) is 17.9 Å². The summed E-state index contributed by atoms with van der Waals surface area (Å²) in [7, 11) is 0. The number of thiocarbonyl (C=S) groups is 1. The topological polar surface area (TPSA) is 53.5 Å². The van der Waals surface area contributed by atoms with E-state index < -0.39 is 6.04 Å². The summed E-state index contributed by atoms with van der Waals surface area (Å²) in [5.41, 5.74) is 1.04. The van der Waals surface area contributed by atoms with Gasteiger partial charge in [0.25, 0.3) is 5.91 Å². The molecule has 2 aromatic rings. The molecular formula is C21H21N3O2S3. The molecule has 0 aliphatic carbocycles. The Labute approximate surface area is 183 Å². The van der Waals surface area contributed by atoms with Crippen molar-refractivity contribution in [3.63, 3.8) is 0 Å². The van der Waals surface area contributed by atoms with Crippen LogP contribution in [0.15, 0.2) is 46.9 Å². The Balaban J connectivity index is 1.55. The van der Waals surface area contributed by atoms with Gasteiger partial charge in [-0.25, -0.2) is 0 Å². The molecule has 2 atom stereocenters. The van der Waals surface area contributed by atoms with E-state index in [9.17, 15) is 9.59 Å². The van der Waals surface area contributed by atoms with Crippen LogP contribution in [0.5, 0.6) is 0 Å². The first-order chi connectivity index (χ1) is 14.1. The molecule has 4 heterocycles. The zero-order valence-corrected chi connectivity index (χ0v) is 18.4. The molecular weight excluding hydrogens is 422 g/mol. The molecule has 150 valence electrons. The number of nitrogens with zero attached hydrogens (tertiary/aromatic N) is 3. The number of carbonyl (C=O) groups excluding carboxylic acids is 2. The van der Waals surface area contributed by atoms with Gasteiger partial charge in [-0.15, -0.1) is 11.3 Å². The van der Waals surface area contributed by atoms with Crippen LogP contribution in [0.1, 0.15) is 42.7 Å². The van der Waals surface area contributed by atoms with E-state index in [1.165, 1.54) is 16.7 Å². The van der Waals surface area contributed by atoms with E-state index in [1.807, 2.05) is 46.8 Å². The molecule has 2 amide bonds. The predicted molar refractivity (Wildman–Crippen MR) is 121 cm³/mol. The lowest BCUT2D eigenvalue weighted by Gasteiger charge is -2.38. The van der Waals surface area contributed by atoms with Gasteiger partial charge in [-0.3, -0.25) is 19.5 Å². The predicted octanol–water partition coefficient (Wildman–Crippen LogP) is 4.49. The van der Waals surface area contributed by atoms with Crippen molar-refractivity contribution in [2.45, 2.75) is 38.3 Å². The summed E-state index contributed by atoms with van der Waals surface area (Å²) in [6.07, 6.45) is 8.35. The third kappa shape index (κ3) is 4.15. The fourth-order valence-corrected chi connectivity index (χ4v) is 5.92. The van der Waals surface area contributed by atoms with Gasteiger partial charge >= 0.3 is 0 Å².